The van der Waals surface area contributed by atoms with Gasteiger partial charge >= 0.3 is 0 Å². The Hall–Kier alpha value is -2.20. The fraction of sp³-hybridized carbons (Fsp3) is 0.294. The number of nitrogens with one attached hydrogen (secondary N) is 1. The number of hydrogen-bond acceptors (Lipinski definition) is 4. The molecule has 1 heterocycles. The van der Waals surface area contributed by atoms with Crippen LogP contribution >= 0.6 is 0 Å². The van der Waals surface area contributed by atoms with Crippen LogP contribution in [0.25, 0.3) is 0 Å². The highest BCUT2D eigenvalue weighted by atomic mass is 16.7. The van der Waals surface area contributed by atoms with Crippen molar-refractivity contribution in [2.24, 2.45) is 0 Å². The second-order valence-electron chi connectivity index (χ2n) is 5.30. The van der Waals surface area contributed by atoms with Gasteiger partial charge in [-0.25, -0.2) is 0 Å². The first kappa shape index (κ1) is 13.8. The Balaban J connectivity index is 1.71. The quantitative estimate of drug-likeness (QED) is 0.909. The summed E-state index contributed by atoms with van der Waals surface area (Å²) >= 11 is 0. The third-order valence-electron chi connectivity index (χ3n) is 3.19. The van der Waals surface area contributed by atoms with E-state index in [0.717, 1.165) is 29.5 Å². The van der Waals surface area contributed by atoms with Gasteiger partial charge in [-0.3, -0.25) is 0 Å². The maximum absolute atomic E-state index is 5.89. The van der Waals surface area contributed by atoms with Crippen molar-refractivity contribution in [3.63, 3.8) is 0 Å². The Labute approximate surface area is 124 Å². The third-order valence-corrected chi connectivity index (χ3v) is 3.19. The monoisotopic (exact) mass is 285 g/mol. The molecule has 0 radical (unpaired) electrons. The Bertz CT molecular complexity index is 625. The van der Waals surface area contributed by atoms with Gasteiger partial charge < -0.3 is 19.5 Å². The first-order valence-corrected chi connectivity index (χ1v) is 7.10. The summed E-state index contributed by atoms with van der Waals surface area (Å²) in [5, 5.41) is 3.39. The zero-order chi connectivity index (χ0) is 14.7. The minimum Gasteiger partial charge on any atom is -0.457 e. The number of fused-ring (bicyclic) bond motifs is 1. The maximum Gasteiger partial charge on any atom is 0.231 e. The fourth-order valence-corrected chi connectivity index (χ4v) is 2.12. The van der Waals surface area contributed by atoms with E-state index in [1.54, 1.807) is 0 Å². The number of hydrogen-bond donors (Lipinski definition) is 1. The summed E-state index contributed by atoms with van der Waals surface area (Å²) in [6.45, 7) is 5.37. The largest absolute Gasteiger partial charge is 0.457 e. The minimum absolute atomic E-state index is 0.273. The molecular weight excluding hydrogens is 266 g/mol. The predicted octanol–water partition coefficient (Wildman–Crippen LogP) is 3.71. The normalized spacial score (nSPS) is 12.7. The van der Waals surface area contributed by atoms with Crippen molar-refractivity contribution in [2.45, 2.75) is 26.4 Å². The van der Waals surface area contributed by atoms with Crippen LogP contribution in [0.2, 0.25) is 0 Å². The van der Waals surface area contributed by atoms with Gasteiger partial charge in [0.15, 0.2) is 11.5 Å². The van der Waals surface area contributed by atoms with Gasteiger partial charge in [0.2, 0.25) is 6.79 Å². The van der Waals surface area contributed by atoms with Gasteiger partial charge in [0, 0.05) is 18.7 Å². The van der Waals surface area contributed by atoms with Crippen LogP contribution in [-0.4, -0.2) is 12.8 Å². The molecule has 0 amide bonds. The molecule has 0 aliphatic carbocycles. The van der Waals surface area contributed by atoms with E-state index in [9.17, 15) is 0 Å². The van der Waals surface area contributed by atoms with E-state index in [0.29, 0.717) is 6.04 Å². The van der Waals surface area contributed by atoms with E-state index in [4.69, 9.17) is 14.2 Å². The van der Waals surface area contributed by atoms with Gasteiger partial charge in [0.05, 0.1) is 0 Å². The Morgan fingerprint density at radius 2 is 1.86 bits per heavy atom. The van der Waals surface area contributed by atoms with E-state index in [-0.39, 0.29) is 6.79 Å². The van der Waals surface area contributed by atoms with Crippen LogP contribution in [0.1, 0.15) is 19.4 Å². The van der Waals surface area contributed by atoms with Gasteiger partial charge in [-0.05, 0) is 29.8 Å². The van der Waals surface area contributed by atoms with E-state index in [1.807, 2.05) is 36.4 Å². The van der Waals surface area contributed by atoms with Crippen molar-refractivity contribution >= 4 is 0 Å². The molecule has 0 saturated carbocycles. The van der Waals surface area contributed by atoms with Gasteiger partial charge in [0.1, 0.15) is 11.5 Å². The lowest BCUT2D eigenvalue weighted by atomic mass is 10.2. The van der Waals surface area contributed by atoms with Gasteiger partial charge in [-0.1, -0.05) is 26.0 Å². The third kappa shape index (κ3) is 3.47. The highest BCUT2D eigenvalue weighted by Gasteiger charge is 2.14. The molecule has 0 spiro atoms. The zero-order valence-electron chi connectivity index (χ0n) is 12.3. The van der Waals surface area contributed by atoms with Crippen LogP contribution in [0.5, 0.6) is 23.0 Å². The van der Waals surface area contributed by atoms with Crippen LogP contribution < -0.4 is 19.5 Å². The van der Waals surface area contributed by atoms with Crippen LogP contribution in [-0.2, 0) is 6.54 Å². The molecule has 4 nitrogen and oxygen atoms in total. The zero-order valence-corrected chi connectivity index (χ0v) is 12.3. The molecule has 1 aliphatic rings. The number of ether oxygens (including phenoxy) is 3. The molecule has 0 unspecified atom stereocenters. The molecule has 0 aromatic heterocycles. The molecule has 2 aromatic rings. The highest BCUT2D eigenvalue weighted by molar-refractivity contribution is 5.48. The van der Waals surface area contributed by atoms with Crippen LogP contribution in [0.3, 0.4) is 0 Å². The smallest absolute Gasteiger partial charge is 0.231 e. The van der Waals surface area contributed by atoms with Crippen molar-refractivity contribution < 1.29 is 14.2 Å². The fourth-order valence-electron chi connectivity index (χ4n) is 2.12. The highest BCUT2D eigenvalue weighted by Crippen LogP contribution is 2.36. The van der Waals surface area contributed by atoms with Gasteiger partial charge in [-0.15, -0.1) is 0 Å². The second kappa shape index (κ2) is 6.06. The summed E-state index contributed by atoms with van der Waals surface area (Å²) in [5.41, 5.74) is 1.20. The summed E-state index contributed by atoms with van der Waals surface area (Å²) in [6.07, 6.45) is 0. The van der Waals surface area contributed by atoms with Crippen molar-refractivity contribution in [1.82, 2.24) is 5.32 Å². The van der Waals surface area contributed by atoms with Gasteiger partial charge in [0.25, 0.3) is 0 Å². The lowest BCUT2D eigenvalue weighted by molar-refractivity contribution is 0.174. The summed E-state index contributed by atoms with van der Waals surface area (Å²) in [5.74, 6) is 3.05. The van der Waals surface area contributed by atoms with Crippen LogP contribution in [0.4, 0.5) is 0 Å². The molecule has 0 saturated heterocycles. The topological polar surface area (TPSA) is 39.7 Å². The van der Waals surface area contributed by atoms with E-state index in [1.165, 1.54) is 5.56 Å². The standard InChI is InChI=1S/C17H19NO3/c1-12(2)18-10-13-4-3-5-14(8-13)21-15-6-7-16-17(9-15)20-11-19-16/h3-9,12,18H,10-11H2,1-2H3. The lowest BCUT2D eigenvalue weighted by Gasteiger charge is -2.10. The molecule has 21 heavy (non-hydrogen) atoms. The van der Waals surface area contributed by atoms with Crippen LogP contribution in [0.15, 0.2) is 42.5 Å². The van der Waals surface area contributed by atoms with Crippen molar-refractivity contribution in [2.75, 3.05) is 6.79 Å². The minimum atomic E-state index is 0.273. The van der Waals surface area contributed by atoms with E-state index >= 15 is 0 Å². The summed E-state index contributed by atoms with van der Waals surface area (Å²) in [7, 11) is 0. The summed E-state index contributed by atoms with van der Waals surface area (Å²) < 4.78 is 16.5. The first-order chi connectivity index (χ1) is 10.2. The van der Waals surface area contributed by atoms with Crippen molar-refractivity contribution in [3.05, 3.63) is 48.0 Å². The molecule has 2 aromatic carbocycles. The maximum atomic E-state index is 5.89. The molecule has 0 atom stereocenters. The average molecular weight is 285 g/mol. The van der Waals surface area contributed by atoms with Gasteiger partial charge in [-0.2, -0.15) is 0 Å². The molecule has 1 N–H and O–H groups in total. The Kier molecular flexibility index (Phi) is 3.97. The average Bonchev–Trinajstić information content (AvgIpc) is 2.93. The molecule has 0 bridgehead atoms. The lowest BCUT2D eigenvalue weighted by Crippen LogP contribution is -2.21. The van der Waals surface area contributed by atoms with Crippen molar-refractivity contribution in [1.29, 1.82) is 0 Å². The molecular formula is C17H19NO3. The summed E-state index contributed by atoms with van der Waals surface area (Å²) in [6, 6.07) is 14.1. The molecule has 110 valence electrons. The molecule has 4 heteroatoms. The van der Waals surface area contributed by atoms with Crippen molar-refractivity contribution in [3.8, 4) is 23.0 Å². The summed E-state index contributed by atoms with van der Waals surface area (Å²) in [4.78, 5) is 0. The first-order valence-electron chi connectivity index (χ1n) is 7.10. The van der Waals surface area contributed by atoms with Crippen LogP contribution in [0, 0.1) is 0 Å². The Morgan fingerprint density at radius 3 is 2.71 bits per heavy atom. The van der Waals surface area contributed by atoms with E-state index < -0.39 is 0 Å². The number of rotatable bonds is 5. The SMILES string of the molecule is CC(C)NCc1cccc(Oc2ccc3c(c2)OCO3)c1. The second-order valence-corrected chi connectivity index (χ2v) is 5.30. The molecule has 0 fully saturated rings. The molecule has 1 aliphatic heterocycles. The Morgan fingerprint density at radius 1 is 1.05 bits per heavy atom. The molecule has 3 rings (SSSR count). The predicted molar refractivity (Wildman–Crippen MR) is 81.1 cm³/mol. The number of benzene rings is 2. The van der Waals surface area contributed by atoms with E-state index in [2.05, 4.69) is 25.2 Å².